The van der Waals surface area contributed by atoms with Gasteiger partial charge in [0, 0.05) is 13.2 Å². The van der Waals surface area contributed by atoms with Gasteiger partial charge in [0.05, 0.1) is 0 Å². The summed E-state index contributed by atoms with van der Waals surface area (Å²) in [4.78, 5) is 21.0. The molecule has 0 rings (SSSR count). The molecule has 7 heteroatoms. The number of carbonyl (C=O) groups is 2. The first-order chi connectivity index (χ1) is 7.10. The van der Waals surface area contributed by atoms with Crippen LogP contribution in [0.25, 0.3) is 0 Å². The number of carboxylic acids is 1. The molecular weight excluding hydrogens is 228 g/mol. The van der Waals surface area contributed by atoms with Gasteiger partial charge >= 0.3 is 35.0 Å². The van der Waals surface area contributed by atoms with Crippen molar-refractivity contribution in [3.05, 3.63) is 0 Å². The second-order valence-electron chi connectivity index (χ2n) is 2.59. The molecular formula is C9H18MgO6. The van der Waals surface area contributed by atoms with Gasteiger partial charge in [-0.25, -0.2) is 0 Å². The molecule has 0 spiro atoms. The molecule has 92 valence electrons. The molecule has 0 saturated heterocycles. The number of carbonyl (C=O) groups excluding carboxylic acids is 1. The first kappa shape index (κ1) is 18.0. The molecule has 0 heterocycles. The number of aliphatic carboxylic acids is 1. The quantitative estimate of drug-likeness (QED) is 0.286. The maximum absolute atomic E-state index is 10.9. The summed E-state index contributed by atoms with van der Waals surface area (Å²) in [6, 6.07) is 0. The van der Waals surface area contributed by atoms with Gasteiger partial charge < -0.3 is 22.2 Å². The van der Waals surface area contributed by atoms with Crippen molar-refractivity contribution in [1.82, 2.24) is 0 Å². The Morgan fingerprint density at radius 1 is 1.25 bits per heavy atom. The van der Waals surface area contributed by atoms with Crippen molar-refractivity contribution in [2.24, 2.45) is 0 Å². The zero-order chi connectivity index (χ0) is 11.7. The first-order valence-electron chi connectivity index (χ1n) is 4.70. The Bertz CT molecular complexity index is 211. The van der Waals surface area contributed by atoms with E-state index in [1.807, 2.05) is 0 Å². The third-order valence-corrected chi connectivity index (χ3v) is 1.38. The van der Waals surface area contributed by atoms with E-state index in [-0.39, 0.29) is 32.5 Å². The SMILES string of the molecule is CCOC(COC(=O)CC(=O)O)OCC.[H-].[H-].[Mg+2]. The van der Waals surface area contributed by atoms with E-state index < -0.39 is 24.6 Å². The maximum Gasteiger partial charge on any atom is 2.00 e. The van der Waals surface area contributed by atoms with Gasteiger partial charge in [0.25, 0.3) is 0 Å². The molecule has 0 aromatic heterocycles. The summed E-state index contributed by atoms with van der Waals surface area (Å²) in [5, 5.41) is 8.29. The summed E-state index contributed by atoms with van der Waals surface area (Å²) in [5.41, 5.74) is 0. The van der Waals surface area contributed by atoms with Crippen LogP contribution in [0.2, 0.25) is 0 Å². The van der Waals surface area contributed by atoms with Gasteiger partial charge in [0.1, 0.15) is 13.0 Å². The summed E-state index contributed by atoms with van der Waals surface area (Å²) in [5.74, 6) is -2.02. The van der Waals surface area contributed by atoms with Gasteiger partial charge in [-0.3, -0.25) is 9.59 Å². The van der Waals surface area contributed by atoms with E-state index in [0.717, 1.165) is 0 Å². The first-order valence-corrected chi connectivity index (χ1v) is 4.70. The van der Waals surface area contributed by atoms with Crippen LogP contribution in [-0.2, 0) is 23.8 Å². The molecule has 0 unspecified atom stereocenters. The van der Waals surface area contributed by atoms with Gasteiger partial charge in [-0.1, -0.05) is 0 Å². The molecule has 0 fully saturated rings. The molecule has 0 amide bonds. The smallest absolute Gasteiger partial charge is 1.00 e. The van der Waals surface area contributed by atoms with Gasteiger partial charge in [0.2, 0.25) is 0 Å². The van der Waals surface area contributed by atoms with E-state index in [9.17, 15) is 9.59 Å². The molecule has 16 heavy (non-hydrogen) atoms. The van der Waals surface area contributed by atoms with Crippen molar-refractivity contribution >= 4 is 35.0 Å². The van der Waals surface area contributed by atoms with E-state index in [0.29, 0.717) is 13.2 Å². The Labute approximate surface area is 113 Å². The van der Waals surface area contributed by atoms with Gasteiger partial charge in [-0.05, 0) is 13.8 Å². The number of hydrogen-bond acceptors (Lipinski definition) is 5. The summed E-state index contributed by atoms with van der Waals surface area (Å²) in [6.07, 6.45) is -1.27. The van der Waals surface area contributed by atoms with Crippen LogP contribution < -0.4 is 0 Å². The molecule has 0 saturated carbocycles. The Morgan fingerprint density at radius 3 is 2.12 bits per heavy atom. The van der Waals surface area contributed by atoms with E-state index in [1.165, 1.54) is 0 Å². The predicted molar refractivity (Wildman–Crippen MR) is 58.2 cm³/mol. The van der Waals surface area contributed by atoms with Crippen molar-refractivity contribution in [2.75, 3.05) is 19.8 Å². The van der Waals surface area contributed by atoms with Crippen molar-refractivity contribution in [2.45, 2.75) is 26.6 Å². The minimum Gasteiger partial charge on any atom is -1.00 e. The Morgan fingerprint density at radius 2 is 1.75 bits per heavy atom. The molecule has 0 aromatic carbocycles. The molecule has 0 atom stereocenters. The van der Waals surface area contributed by atoms with Crippen LogP contribution in [0.15, 0.2) is 0 Å². The van der Waals surface area contributed by atoms with Crippen LogP contribution in [0.5, 0.6) is 0 Å². The van der Waals surface area contributed by atoms with Crippen LogP contribution in [0.1, 0.15) is 23.1 Å². The molecule has 0 aromatic rings. The number of rotatable bonds is 8. The zero-order valence-corrected chi connectivity index (χ0v) is 11.0. The topological polar surface area (TPSA) is 82.1 Å². The minimum atomic E-state index is -1.22. The normalized spacial score (nSPS) is 9.69. The van der Waals surface area contributed by atoms with Crippen LogP contribution in [0.3, 0.4) is 0 Å². The van der Waals surface area contributed by atoms with Crippen LogP contribution in [-0.4, -0.2) is 66.2 Å². The number of ether oxygens (including phenoxy) is 3. The van der Waals surface area contributed by atoms with Crippen LogP contribution in [0.4, 0.5) is 0 Å². The van der Waals surface area contributed by atoms with E-state index in [2.05, 4.69) is 4.74 Å². The average molecular weight is 247 g/mol. The van der Waals surface area contributed by atoms with Crippen molar-refractivity contribution in [3.8, 4) is 0 Å². The Kier molecular flexibility index (Phi) is 12.5. The van der Waals surface area contributed by atoms with E-state index in [4.69, 9.17) is 14.6 Å². The average Bonchev–Trinajstić information content (AvgIpc) is 2.14. The fourth-order valence-electron chi connectivity index (χ4n) is 0.852. The summed E-state index contributed by atoms with van der Waals surface area (Å²) < 4.78 is 14.8. The van der Waals surface area contributed by atoms with Crippen LogP contribution >= 0.6 is 0 Å². The molecule has 6 nitrogen and oxygen atoms in total. The standard InChI is InChI=1S/C9H16O6.Mg.2H/c1-3-13-9(14-4-2)6-15-8(12)5-7(10)11;;;/h9H,3-6H2,1-2H3,(H,10,11);;;/q;+2;2*-1. The fourth-order valence-corrected chi connectivity index (χ4v) is 0.852. The Hall–Kier alpha value is -0.374. The molecule has 0 aliphatic rings. The second kappa shape index (κ2) is 11.1. The van der Waals surface area contributed by atoms with Gasteiger partial charge in [-0.2, -0.15) is 0 Å². The summed E-state index contributed by atoms with van der Waals surface area (Å²) in [6.45, 7) is 4.34. The van der Waals surface area contributed by atoms with Gasteiger partial charge in [0.15, 0.2) is 6.29 Å². The van der Waals surface area contributed by atoms with E-state index in [1.54, 1.807) is 13.8 Å². The fraction of sp³-hybridized carbons (Fsp3) is 0.778. The van der Waals surface area contributed by atoms with Crippen molar-refractivity contribution < 1.29 is 31.8 Å². The zero-order valence-electron chi connectivity index (χ0n) is 11.6. The molecule has 0 aliphatic carbocycles. The summed E-state index contributed by atoms with van der Waals surface area (Å²) >= 11 is 0. The number of hydrogen-bond donors (Lipinski definition) is 1. The van der Waals surface area contributed by atoms with Crippen molar-refractivity contribution in [3.63, 3.8) is 0 Å². The largest absolute Gasteiger partial charge is 2.00 e. The molecule has 0 radical (unpaired) electrons. The number of carboxylic acid groups (broad SMARTS) is 1. The van der Waals surface area contributed by atoms with E-state index >= 15 is 0 Å². The Balaban J connectivity index is -0.000000327. The predicted octanol–water partition coefficient (Wildman–Crippen LogP) is 0.248. The second-order valence-corrected chi connectivity index (χ2v) is 2.59. The maximum atomic E-state index is 10.9. The third-order valence-electron chi connectivity index (χ3n) is 1.38. The number of esters is 1. The molecule has 0 aliphatic heterocycles. The van der Waals surface area contributed by atoms with Gasteiger partial charge in [-0.15, -0.1) is 0 Å². The third kappa shape index (κ3) is 10.2. The molecule has 1 N–H and O–H groups in total. The minimum absolute atomic E-state index is 0. The van der Waals surface area contributed by atoms with Crippen molar-refractivity contribution in [1.29, 1.82) is 0 Å². The molecule has 0 bridgehead atoms. The van der Waals surface area contributed by atoms with Crippen LogP contribution in [0, 0.1) is 0 Å². The summed E-state index contributed by atoms with van der Waals surface area (Å²) in [7, 11) is 0. The monoisotopic (exact) mass is 246 g/mol.